The minimum Gasteiger partial charge on any atom is -0.264 e. The molecule has 0 spiro atoms. The Morgan fingerprint density at radius 1 is 1.80 bits per heavy atom. The SMILES string of the molecule is C=CCSC1=NC(C)=NC1. The Morgan fingerprint density at radius 2 is 2.60 bits per heavy atom. The lowest BCUT2D eigenvalue weighted by atomic mass is 10.7. The van der Waals surface area contributed by atoms with E-state index in [0.717, 1.165) is 23.2 Å². The Kier molecular flexibility index (Phi) is 2.68. The molecular weight excluding hydrogens is 144 g/mol. The molecule has 1 rings (SSSR count). The summed E-state index contributed by atoms with van der Waals surface area (Å²) in [6.45, 7) is 6.31. The molecule has 0 bridgehead atoms. The first-order valence-electron chi connectivity index (χ1n) is 3.15. The third kappa shape index (κ3) is 1.99. The van der Waals surface area contributed by atoms with Gasteiger partial charge < -0.3 is 0 Å². The first kappa shape index (κ1) is 7.54. The molecule has 1 heterocycles. The van der Waals surface area contributed by atoms with Crippen LogP contribution in [-0.4, -0.2) is 23.2 Å². The fraction of sp³-hybridized carbons (Fsp3) is 0.429. The maximum Gasteiger partial charge on any atom is 0.121 e. The molecule has 1 aliphatic heterocycles. The second kappa shape index (κ2) is 3.56. The Morgan fingerprint density at radius 3 is 3.10 bits per heavy atom. The standard InChI is InChI=1S/C7H10N2S/c1-3-4-10-7-5-8-6(2)9-7/h3H,1,4-5H2,2H3. The molecule has 3 heteroatoms. The van der Waals surface area contributed by atoms with Gasteiger partial charge in [0.05, 0.1) is 11.6 Å². The first-order chi connectivity index (χ1) is 4.83. The van der Waals surface area contributed by atoms with E-state index >= 15 is 0 Å². The number of nitrogens with zero attached hydrogens (tertiary/aromatic N) is 2. The minimum atomic E-state index is 0.768. The number of hydrogen-bond acceptors (Lipinski definition) is 3. The maximum atomic E-state index is 4.21. The molecule has 1 aliphatic rings. The molecule has 2 nitrogen and oxygen atoms in total. The van der Waals surface area contributed by atoms with Gasteiger partial charge in [0.25, 0.3) is 0 Å². The number of amidine groups is 1. The molecule has 10 heavy (non-hydrogen) atoms. The molecule has 0 amide bonds. The molecule has 0 aromatic heterocycles. The van der Waals surface area contributed by atoms with E-state index in [-0.39, 0.29) is 0 Å². The van der Waals surface area contributed by atoms with Crippen LogP contribution < -0.4 is 0 Å². The highest BCUT2D eigenvalue weighted by Gasteiger charge is 2.04. The van der Waals surface area contributed by atoms with Gasteiger partial charge in [0.1, 0.15) is 5.84 Å². The van der Waals surface area contributed by atoms with Crippen molar-refractivity contribution in [1.29, 1.82) is 0 Å². The summed E-state index contributed by atoms with van der Waals surface area (Å²) >= 11 is 1.71. The van der Waals surface area contributed by atoms with Crippen LogP contribution in [-0.2, 0) is 0 Å². The quantitative estimate of drug-likeness (QED) is 0.556. The normalized spacial score (nSPS) is 16.5. The van der Waals surface area contributed by atoms with Crippen molar-refractivity contribution in [2.75, 3.05) is 12.3 Å². The van der Waals surface area contributed by atoms with Crippen LogP contribution in [0.25, 0.3) is 0 Å². The number of rotatable bonds is 2. The summed E-state index contributed by atoms with van der Waals surface area (Å²) < 4.78 is 0. The van der Waals surface area contributed by atoms with Crippen molar-refractivity contribution < 1.29 is 0 Å². The molecule has 0 unspecified atom stereocenters. The van der Waals surface area contributed by atoms with Gasteiger partial charge in [-0.05, 0) is 6.92 Å². The van der Waals surface area contributed by atoms with Crippen LogP contribution in [0.5, 0.6) is 0 Å². The second-order valence-corrected chi connectivity index (χ2v) is 3.06. The summed E-state index contributed by atoms with van der Waals surface area (Å²) in [7, 11) is 0. The zero-order chi connectivity index (χ0) is 7.40. The van der Waals surface area contributed by atoms with Crippen molar-refractivity contribution in [1.82, 2.24) is 0 Å². The van der Waals surface area contributed by atoms with Gasteiger partial charge in [-0.15, -0.1) is 18.3 Å². The van der Waals surface area contributed by atoms with E-state index in [9.17, 15) is 0 Å². The Hall–Kier alpha value is -0.570. The first-order valence-corrected chi connectivity index (χ1v) is 4.14. The van der Waals surface area contributed by atoms with Gasteiger partial charge in [0.15, 0.2) is 0 Å². The van der Waals surface area contributed by atoms with Crippen LogP contribution in [0.15, 0.2) is 22.6 Å². The maximum absolute atomic E-state index is 4.21. The van der Waals surface area contributed by atoms with Gasteiger partial charge in [-0.1, -0.05) is 6.08 Å². The van der Waals surface area contributed by atoms with Gasteiger partial charge in [0.2, 0.25) is 0 Å². The fourth-order valence-electron chi connectivity index (χ4n) is 0.666. The lowest BCUT2D eigenvalue weighted by molar-refractivity contribution is 1.35. The van der Waals surface area contributed by atoms with Gasteiger partial charge in [0, 0.05) is 5.75 Å². The molecular formula is C7H10N2S. The van der Waals surface area contributed by atoms with Crippen LogP contribution in [0.3, 0.4) is 0 Å². The van der Waals surface area contributed by atoms with Crippen LogP contribution in [0.4, 0.5) is 0 Å². The van der Waals surface area contributed by atoms with E-state index in [4.69, 9.17) is 0 Å². The van der Waals surface area contributed by atoms with E-state index in [1.807, 2.05) is 13.0 Å². The van der Waals surface area contributed by atoms with E-state index in [1.54, 1.807) is 11.8 Å². The highest BCUT2D eigenvalue weighted by Crippen LogP contribution is 2.09. The van der Waals surface area contributed by atoms with Crippen LogP contribution >= 0.6 is 11.8 Å². The third-order valence-corrected chi connectivity index (χ3v) is 2.05. The van der Waals surface area contributed by atoms with E-state index in [2.05, 4.69) is 16.6 Å². The van der Waals surface area contributed by atoms with Crippen molar-refractivity contribution in [3.8, 4) is 0 Å². The molecule has 54 valence electrons. The summed E-state index contributed by atoms with van der Waals surface area (Å²) in [5.74, 6) is 1.83. The third-order valence-electron chi connectivity index (χ3n) is 1.10. The fourth-order valence-corrected chi connectivity index (χ4v) is 1.33. The molecule has 0 N–H and O–H groups in total. The molecule has 0 atom stereocenters. The smallest absolute Gasteiger partial charge is 0.121 e. The molecule has 0 aromatic rings. The zero-order valence-corrected chi connectivity index (χ0v) is 6.82. The average molecular weight is 154 g/mol. The molecule has 0 radical (unpaired) electrons. The summed E-state index contributed by atoms with van der Waals surface area (Å²) in [6.07, 6.45) is 1.88. The van der Waals surface area contributed by atoms with Crippen molar-refractivity contribution in [2.24, 2.45) is 9.98 Å². The monoisotopic (exact) mass is 154 g/mol. The van der Waals surface area contributed by atoms with Crippen molar-refractivity contribution in [2.45, 2.75) is 6.92 Å². The van der Waals surface area contributed by atoms with Gasteiger partial charge in [-0.3, -0.25) is 4.99 Å². The lowest BCUT2D eigenvalue weighted by Gasteiger charge is -1.91. The van der Waals surface area contributed by atoms with Crippen molar-refractivity contribution >= 4 is 22.6 Å². The number of thioether (sulfide) groups is 1. The van der Waals surface area contributed by atoms with Gasteiger partial charge in [-0.25, -0.2) is 4.99 Å². The minimum absolute atomic E-state index is 0.768. The molecule has 0 aliphatic carbocycles. The molecule has 0 saturated heterocycles. The van der Waals surface area contributed by atoms with E-state index in [1.165, 1.54) is 0 Å². The van der Waals surface area contributed by atoms with Gasteiger partial charge >= 0.3 is 0 Å². The zero-order valence-electron chi connectivity index (χ0n) is 6.00. The highest BCUT2D eigenvalue weighted by atomic mass is 32.2. The Bertz CT molecular complexity index is 194. The largest absolute Gasteiger partial charge is 0.264 e. The average Bonchev–Trinajstić information content (AvgIpc) is 2.31. The topological polar surface area (TPSA) is 24.7 Å². The van der Waals surface area contributed by atoms with Crippen LogP contribution in [0.2, 0.25) is 0 Å². The summed E-state index contributed by atoms with van der Waals surface area (Å²) in [6, 6.07) is 0. The van der Waals surface area contributed by atoms with Crippen LogP contribution in [0, 0.1) is 0 Å². The summed E-state index contributed by atoms with van der Waals surface area (Å²) in [5.41, 5.74) is 0. The number of aliphatic imine (C=N–C) groups is 2. The second-order valence-electron chi connectivity index (χ2n) is 1.97. The van der Waals surface area contributed by atoms with Crippen molar-refractivity contribution in [3.05, 3.63) is 12.7 Å². The number of hydrogen-bond donors (Lipinski definition) is 0. The highest BCUT2D eigenvalue weighted by molar-refractivity contribution is 8.14. The van der Waals surface area contributed by atoms with E-state index < -0.39 is 0 Å². The molecule has 0 aromatic carbocycles. The summed E-state index contributed by atoms with van der Waals surface area (Å²) in [4.78, 5) is 8.34. The van der Waals surface area contributed by atoms with Gasteiger partial charge in [-0.2, -0.15) is 0 Å². The lowest BCUT2D eigenvalue weighted by Crippen LogP contribution is -1.92. The Balaban J connectivity index is 2.33. The molecule has 0 saturated carbocycles. The summed E-state index contributed by atoms with van der Waals surface area (Å²) in [5, 5.41) is 1.11. The predicted molar refractivity (Wildman–Crippen MR) is 48.1 cm³/mol. The van der Waals surface area contributed by atoms with E-state index in [0.29, 0.717) is 0 Å². The predicted octanol–water partition coefficient (Wildman–Crippen LogP) is 1.74. The van der Waals surface area contributed by atoms with Crippen molar-refractivity contribution in [3.63, 3.8) is 0 Å². The van der Waals surface area contributed by atoms with Crippen LogP contribution in [0.1, 0.15) is 6.92 Å². The molecule has 0 fully saturated rings. The Labute approximate surface area is 65.1 Å².